The fourth-order valence-corrected chi connectivity index (χ4v) is 3.80. The highest BCUT2D eigenvalue weighted by molar-refractivity contribution is 6.04. The van der Waals surface area contributed by atoms with Gasteiger partial charge in [0.25, 0.3) is 0 Å². The molecule has 0 radical (unpaired) electrons. The fourth-order valence-electron chi connectivity index (χ4n) is 3.80. The van der Waals surface area contributed by atoms with Gasteiger partial charge in [-0.2, -0.15) is 0 Å². The average Bonchev–Trinajstić information content (AvgIpc) is 2.49. The van der Waals surface area contributed by atoms with Gasteiger partial charge in [0.05, 0.1) is 12.5 Å². The van der Waals surface area contributed by atoms with E-state index < -0.39 is 10.8 Å². The van der Waals surface area contributed by atoms with Gasteiger partial charge < -0.3 is 9.64 Å². The fraction of sp³-hybridized carbons (Fsp3) is 0.579. The lowest BCUT2D eigenvalue weighted by molar-refractivity contribution is -0.145. The number of rotatable bonds is 6. The van der Waals surface area contributed by atoms with Crippen LogP contribution in [0.2, 0.25) is 0 Å². The Kier molecular flexibility index (Phi) is 7.03. The van der Waals surface area contributed by atoms with Gasteiger partial charge in [-0.1, -0.05) is 26.0 Å². The van der Waals surface area contributed by atoms with E-state index in [4.69, 9.17) is 4.74 Å². The van der Waals surface area contributed by atoms with Crippen molar-refractivity contribution >= 4 is 24.2 Å². The van der Waals surface area contributed by atoms with Crippen LogP contribution in [-0.4, -0.2) is 44.5 Å². The Morgan fingerprint density at radius 2 is 1.92 bits per heavy atom. The molecule has 1 fully saturated rings. The number of carbonyl (C=O) groups excluding carboxylic acids is 2. The molecule has 1 aromatic rings. The van der Waals surface area contributed by atoms with E-state index in [1.807, 2.05) is 52.2 Å². The van der Waals surface area contributed by atoms with Crippen molar-refractivity contribution in [2.24, 2.45) is 5.41 Å². The highest BCUT2D eigenvalue weighted by Crippen LogP contribution is 2.50. The van der Waals surface area contributed by atoms with Crippen molar-refractivity contribution in [3.05, 3.63) is 29.8 Å². The SMILES string of the molecule is COc1cccc(C2(CCCN(C)C)C(=O)NC(=O)CC2(C)C)c1.Cl. The first kappa shape index (κ1) is 21.5. The van der Waals surface area contributed by atoms with Crippen LogP contribution in [0.5, 0.6) is 5.75 Å². The van der Waals surface area contributed by atoms with Crippen molar-refractivity contribution in [2.45, 2.75) is 38.5 Å². The van der Waals surface area contributed by atoms with Crippen LogP contribution in [0.15, 0.2) is 24.3 Å². The number of amides is 2. The molecule has 1 atom stereocenters. The molecule has 0 aliphatic carbocycles. The first-order valence-electron chi connectivity index (χ1n) is 8.36. The summed E-state index contributed by atoms with van der Waals surface area (Å²) in [5.74, 6) is 0.326. The molecular formula is C19H29ClN2O3. The Hall–Kier alpha value is -1.59. The molecular weight excluding hydrogens is 340 g/mol. The Balaban J connectivity index is 0.00000312. The van der Waals surface area contributed by atoms with E-state index in [-0.39, 0.29) is 24.2 Å². The predicted octanol–water partition coefficient (Wildman–Crippen LogP) is 2.77. The smallest absolute Gasteiger partial charge is 0.237 e. The molecule has 1 N–H and O–H groups in total. The molecule has 1 saturated heterocycles. The van der Waals surface area contributed by atoms with E-state index in [0.29, 0.717) is 12.8 Å². The second kappa shape index (κ2) is 8.19. The van der Waals surface area contributed by atoms with Crippen molar-refractivity contribution in [2.75, 3.05) is 27.7 Å². The lowest BCUT2D eigenvalue weighted by atomic mass is 9.56. The van der Waals surface area contributed by atoms with Gasteiger partial charge in [-0.05, 0) is 56.6 Å². The molecule has 1 unspecified atom stereocenters. The molecule has 2 amide bonds. The number of methoxy groups -OCH3 is 1. The summed E-state index contributed by atoms with van der Waals surface area (Å²) in [6, 6.07) is 7.67. The minimum absolute atomic E-state index is 0. The standard InChI is InChI=1S/C19H28N2O3.ClH/c1-18(2)13-16(22)20-17(23)19(18,10-7-11-21(3)4)14-8-6-9-15(12-14)24-5;/h6,8-9,12H,7,10-11,13H2,1-5H3,(H,20,22,23);1H. The van der Waals surface area contributed by atoms with Crippen molar-refractivity contribution in [3.8, 4) is 5.75 Å². The number of imide groups is 1. The number of hydrogen-bond donors (Lipinski definition) is 1. The van der Waals surface area contributed by atoms with Crippen LogP contribution < -0.4 is 10.1 Å². The highest BCUT2D eigenvalue weighted by atomic mass is 35.5. The molecule has 6 heteroatoms. The zero-order chi connectivity index (χ0) is 18.0. The van der Waals surface area contributed by atoms with Gasteiger partial charge in [-0.15, -0.1) is 12.4 Å². The quantitative estimate of drug-likeness (QED) is 0.784. The van der Waals surface area contributed by atoms with E-state index in [0.717, 1.165) is 24.3 Å². The van der Waals surface area contributed by atoms with Gasteiger partial charge >= 0.3 is 0 Å². The molecule has 140 valence electrons. The van der Waals surface area contributed by atoms with Crippen LogP contribution in [0.3, 0.4) is 0 Å². The average molecular weight is 369 g/mol. The number of ether oxygens (including phenoxy) is 1. The number of nitrogens with one attached hydrogen (secondary N) is 1. The molecule has 0 saturated carbocycles. The van der Waals surface area contributed by atoms with Crippen LogP contribution in [0.25, 0.3) is 0 Å². The van der Waals surface area contributed by atoms with Crippen LogP contribution >= 0.6 is 12.4 Å². The third-order valence-electron chi connectivity index (χ3n) is 5.12. The Morgan fingerprint density at radius 3 is 2.48 bits per heavy atom. The molecule has 0 aromatic heterocycles. The second-order valence-corrected chi connectivity index (χ2v) is 7.48. The van der Waals surface area contributed by atoms with Crippen LogP contribution in [-0.2, 0) is 15.0 Å². The van der Waals surface area contributed by atoms with Gasteiger partial charge in [0.2, 0.25) is 11.8 Å². The summed E-state index contributed by atoms with van der Waals surface area (Å²) in [4.78, 5) is 27.1. The molecule has 0 bridgehead atoms. The number of carbonyl (C=O) groups is 2. The molecule has 5 nitrogen and oxygen atoms in total. The van der Waals surface area contributed by atoms with E-state index >= 15 is 0 Å². The number of hydrogen-bond acceptors (Lipinski definition) is 4. The molecule has 1 heterocycles. The highest BCUT2D eigenvalue weighted by Gasteiger charge is 2.55. The van der Waals surface area contributed by atoms with Crippen LogP contribution in [0, 0.1) is 5.41 Å². The molecule has 25 heavy (non-hydrogen) atoms. The summed E-state index contributed by atoms with van der Waals surface area (Å²) >= 11 is 0. The van der Waals surface area contributed by atoms with Gasteiger partial charge in [-0.25, -0.2) is 0 Å². The summed E-state index contributed by atoms with van der Waals surface area (Å²) in [5.41, 5.74) is -0.299. The van der Waals surface area contributed by atoms with Gasteiger partial charge in [0.15, 0.2) is 0 Å². The van der Waals surface area contributed by atoms with Crippen molar-refractivity contribution in [1.82, 2.24) is 10.2 Å². The third-order valence-corrected chi connectivity index (χ3v) is 5.12. The maximum Gasteiger partial charge on any atom is 0.237 e. The molecule has 1 aliphatic heterocycles. The summed E-state index contributed by atoms with van der Waals surface area (Å²) in [7, 11) is 5.66. The Bertz CT molecular complexity index is 631. The minimum Gasteiger partial charge on any atom is -0.497 e. The summed E-state index contributed by atoms with van der Waals surface area (Å²) in [5, 5.41) is 2.57. The topological polar surface area (TPSA) is 58.6 Å². The first-order valence-corrected chi connectivity index (χ1v) is 8.36. The van der Waals surface area contributed by atoms with Crippen molar-refractivity contribution < 1.29 is 14.3 Å². The number of halogens is 1. The third kappa shape index (κ3) is 4.15. The maximum atomic E-state index is 13.0. The molecule has 2 rings (SSSR count). The van der Waals surface area contributed by atoms with Crippen LogP contribution in [0.4, 0.5) is 0 Å². The summed E-state index contributed by atoms with van der Waals surface area (Å²) in [6.45, 7) is 4.92. The predicted molar refractivity (Wildman–Crippen MR) is 101 cm³/mol. The largest absolute Gasteiger partial charge is 0.497 e. The molecule has 1 aliphatic rings. The van der Waals surface area contributed by atoms with E-state index in [9.17, 15) is 9.59 Å². The van der Waals surface area contributed by atoms with Crippen LogP contribution in [0.1, 0.15) is 38.7 Å². The normalized spacial score (nSPS) is 22.3. The Labute approximate surface area is 156 Å². The maximum absolute atomic E-state index is 13.0. The minimum atomic E-state index is -0.745. The van der Waals surface area contributed by atoms with Gasteiger partial charge in [0.1, 0.15) is 5.75 Å². The van der Waals surface area contributed by atoms with E-state index in [1.165, 1.54) is 0 Å². The summed E-state index contributed by atoms with van der Waals surface area (Å²) < 4.78 is 5.35. The molecule has 0 spiro atoms. The lowest BCUT2D eigenvalue weighted by Gasteiger charge is -2.48. The lowest BCUT2D eigenvalue weighted by Crippen LogP contribution is -2.61. The first-order chi connectivity index (χ1) is 11.2. The van der Waals surface area contributed by atoms with Crippen molar-refractivity contribution in [1.29, 1.82) is 0 Å². The monoisotopic (exact) mass is 368 g/mol. The summed E-state index contributed by atoms with van der Waals surface area (Å²) in [6.07, 6.45) is 1.89. The molecule has 1 aromatic carbocycles. The Morgan fingerprint density at radius 1 is 1.24 bits per heavy atom. The van der Waals surface area contributed by atoms with Gasteiger partial charge in [-0.3, -0.25) is 14.9 Å². The van der Waals surface area contributed by atoms with E-state index in [2.05, 4.69) is 10.2 Å². The van der Waals surface area contributed by atoms with Crippen molar-refractivity contribution in [3.63, 3.8) is 0 Å². The zero-order valence-corrected chi connectivity index (χ0v) is 16.5. The number of nitrogens with zero attached hydrogens (tertiary/aromatic N) is 1. The number of piperidine rings is 1. The van der Waals surface area contributed by atoms with E-state index in [1.54, 1.807) is 7.11 Å². The zero-order valence-electron chi connectivity index (χ0n) is 15.7. The second-order valence-electron chi connectivity index (χ2n) is 7.48. The van der Waals surface area contributed by atoms with Gasteiger partial charge in [0, 0.05) is 6.42 Å². The number of benzene rings is 1.